The van der Waals surface area contributed by atoms with Crippen molar-refractivity contribution in [3.63, 3.8) is 0 Å². The molecule has 1 unspecified atom stereocenters. The van der Waals surface area contributed by atoms with Crippen molar-refractivity contribution in [2.75, 3.05) is 10.8 Å². The average Bonchev–Trinajstić information content (AvgIpc) is 2.76. The van der Waals surface area contributed by atoms with Crippen LogP contribution in [0, 0.1) is 0 Å². The molecule has 0 amide bonds. The average molecular weight is 352 g/mol. The zero-order valence-corrected chi connectivity index (χ0v) is 13.1. The Morgan fingerprint density at radius 1 is 1.00 bits per heavy atom. The van der Waals surface area contributed by atoms with Crippen LogP contribution >= 0.6 is 15.9 Å². The number of anilines is 1. The number of hydrogen-bond donors (Lipinski definition) is 0. The number of sulfonamides is 1. The molecule has 0 aromatic heterocycles. The number of benzene rings is 2. The highest BCUT2D eigenvalue weighted by Crippen LogP contribution is 2.38. The van der Waals surface area contributed by atoms with E-state index in [1.54, 1.807) is 0 Å². The van der Waals surface area contributed by atoms with Gasteiger partial charge in [-0.05, 0) is 36.2 Å². The molecule has 104 valence electrons. The van der Waals surface area contributed by atoms with Crippen LogP contribution < -0.4 is 4.31 Å². The molecule has 0 N–H and O–H groups in total. The number of hydrogen-bond acceptors (Lipinski definition) is 2. The van der Waals surface area contributed by atoms with Gasteiger partial charge >= 0.3 is 0 Å². The van der Waals surface area contributed by atoms with E-state index >= 15 is 0 Å². The Labute approximate surface area is 127 Å². The summed E-state index contributed by atoms with van der Waals surface area (Å²) in [6.07, 6.45) is 0.627. The molecule has 0 aliphatic carbocycles. The van der Waals surface area contributed by atoms with Crippen LogP contribution in [0.4, 0.5) is 5.69 Å². The molecule has 2 aromatic rings. The second-order valence-electron chi connectivity index (χ2n) is 4.78. The Hall–Kier alpha value is -1.33. The molecule has 0 bridgehead atoms. The van der Waals surface area contributed by atoms with E-state index in [0.29, 0.717) is 13.0 Å². The lowest BCUT2D eigenvalue weighted by Gasteiger charge is -2.19. The Kier molecular flexibility index (Phi) is 3.56. The normalized spacial score (nSPS) is 21.1. The molecule has 20 heavy (non-hydrogen) atoms. The third kappa shape index (κ3) is 2.36. The summed E-state index contributed by atoms with van der Waals surface area (Å²) < 4.78 is 27.8. The van der Waals surface area contributed by atoms with E-state index in [0.717, 1.165) is 15.7 Å². The summed E-state index contributed by atoms with van der Waals surface area (Å²) in [5, 5.41) is -0.438. The van der Waals surface area contributed by atoms with Crippen molar-refractivity contribution < 1.29 is 8.42 Å². The number of nitrogens with zero attached hydrogens (tertiary/aromatic N) is 1. The predicted molar refractivity (Wildman–Crippen MR) is 84.2 cm³/mol. The van der Waals surface area contributed by atoms with Crippen molar-refractivity contribution >= 4 is 31.6 Å². The van der Waals surface area contributed by atoms with E-state index in [9.17, 15) is 8.42 Å². The van der Waals surface area contributed by atoms with Gasteiger partial charge in [-0.3, -0.25) is 4.31 Å². The van der Waals surface area contributed by atoms with E-state index in [4.69, 9.17) is 0 Å². The fourth-order valence-electron chi connectivity index (χ4n) is 2.55. The highest BCUT2D eigenvalue weighted by molar-refractivity contribution is 9.10. The molecule has 1 fully saturated rings. The summed E-state index contributed by atoms with van der Waals surface area (Å²) in [4.78, 5) is 0. The maximum absolute atomic E-state index is 12.7. The largest absolute Gasteiger partial charge is 0.270 e. The van der Waals surface area contributed by atoms with Crippen molar-refractivity contribution in [2.24, 2.45) is 0 Å². The van der Waals surface area contributed by atoms with E-state index in [1.165, 1.54) is 4.31 Å². The summed E-state index contributed by atoms with van der Waals surface area (Å²) >= 11 is 3.36. The van der Waals surface area contributed by atoms with Gasteiger partial charge in [-0.1, -0.05) is 46.3 Å². The van der Waals surface area contributed by atoms with Crippen LogP contribution in [-0.2, 0) is 10.0 Å². The van der Waals surface area contributed by atoms with Crippen LogP contribution in [0.5, 0.6) is 0 Å². The van der Waals surface area contributed by atoms with E-state index in [2.05, 4.69) is 15.9 Å². The van der Waals surface area contributed by atoms with Crippen molar-refractivity contribution in [3.8, 4) is 0 Å². The molecule has 5 heteroatoms. The minimum Gasteiger partial charge on any atom is -0.270 e. The summed E-state index contributed by atoms with van der Waals surface area (Å²) in [6, 6.07) is 16.8. The first-order valence-corrected chi connectivity index (χ1v) is 8.71. The lowest BCUT2D eigenvalue weighted by Crippen LogP contribution is -2.26. The van der Waals surface area contributed by atoms with Crippen molar-refractivity contribution in [1.82, 2.24) is 0 Å². The van der Waals surface area contributed by atoms with E-state index in [-0.39, 0.29) is 0 Å². The van der Waals surface area contributed by atoms with Gasteiger partial charge in [0.15, 0.2) is 0 Å². The standard InChI is InChI=1S/C15H14BrNO2S/c16-13-6-8-14(9-7-13)17-11-10-15(20(17,18)19)12-4-2-1-3-5-12/h1-9,15H,10-11H2. The maximum Gasteiger partial charge on any atom is 0.242 e. The monoisotopic (exact) mass is 351 g/mol. The molecule has 2 aromatic carbocycles. The first kappa shape index (κ1) is 13.6. The molecule has 1 aliphatic heterocycles. The molecule has 0 saturated carbocycles. The Balaban J connectivity index is 1.96. The van der Waals surface area contributed by atoms with Gasteiger partial charge in [-0.2, -0.15) is 0 Å². The highest BCUT2D eigenvalue weighted by Gasteiger charge is 2.39. The van der Waals surface area contributed by atoms with Crippen molar-refractivity contribution in [3.05, 3.63) is 64.6 Å². The molecule has 1 heterocycles. The predicted octanol–water partition coefficient (Wildman–Crippen LogP) is 3.73. The van der Waals surface area contributed by atoms with Crippen LogP contribution in [0.3, 0.4) is 0 Å². The SMILES string of the molecule is O=S1(=O)C(c2ccccc2)CCN1c1ccc(Br)cc1. The third-order valence-corrected chi connectivity index (χ3v) is 6.31. The fourth-order valence-corrected chi connectivity index (χ4v) is 4.81. The van der Waals surface area contributed by atoms with Crippen molar-refractivity contribution in [1.29, 1.82) is 0 Å². The molecule has 1 aliphatic rings. The number of halogens is 1. The van der Waals surface area contributed by atoms with Crippen LogP contribution in [0.25, 0.3) is 0 Å². The first-order valence-electron chi connectivity index (χ1n) is 6.41. The first-order chi connectivity index (χ1) is 9.59. The smallest absolute Gasteiger partial charge is 0.242 e. The van der Waals surface area contributed by atoms with Gasteiger partial charge < -0.3 is 0 Å². The third-order valence-electron chi connectivity index (χ3n) is 3.55. The number of rotatable bonds is 2. The van der Waals surface area contributed by atoms with Gasteiger partial charge in [0.05, 0.1) is 5.69 Å². The Bertz CT molecular complexity index is 698. The zero-order chi connectivity index (χ0) is 14.2. The molecule has 3 rings (SSSR count). The Morgan fingerprint density at radius 3 is 2.30 bits per heavy atom. The van der Waals surface area contributed by atoms with Crippen LogP contribution in [0.15, 0.2) is 59.1 Å². The van der Waals surface area contributed by atoms with E-state index < -0.39 is 15.3 Å². The van der Waals surface area contributed by atoms with Crippen LogP contribution in [0.2, 0.25) is 0 Å². The molecule has 0 radical (unpaired) electrons. The molecular weight excluding hydrogens is 338 g/mol. The van der Waals surface area contributed by atoms with Gasteiger partial charge in [0.1, 0.15) is 5.25 Å². The van der Waals surface area contributed by atoms with Gasteiger partial charge in [-0.25, -0.2) is 8.42 Å². The van der Waals surface area contributed by atoms with Crippen LogP contribution in [-0.4, -0.2) is 15.0 Å². The molecular formula is C15H14BrNO2S. The topological polar surface area (TPSA) is 37.4 Å². The van der Waals surface area contributed by atoms with Gasteiger partial charge in [0, 0.05) is 11.0 Å². The highest BCUT2D eigenvalue weighted by atomic mass is 79.9. The van der Waals surface area contributed by atoms with E-state index in [1.807, 2.05) is 54.6 Å². The maximum atomic E-state index is 12.7. The zero-order valence-electron chi connectivity index (χ0n) is 10.7. The second kappa shape index (κ2) is 5.22. The summed E-state index contributed by atoms with van der Waals surface area (Å²) in [7, 11) is -3.33. The molecule has 1 saturated heterocycles. The van der Waals surface area contributed by atoms with Gasteiger partial charge in [0.2, 0.25) is 10.0 Å². The molecule has 0 spiro atoms. The van der Waals surface area contributed by atoms with Crippen LogP contribution in [0.1, 0.15) is 17.2 Å². The minimum absolute atomic E-state index is 0.438. The summed E-state index contributed by atoms with van der Waals surface area (Å²) in [6.45, 7) is 0.531. The van der Waals surface area contributed by atoms with Gasteiger partial charge in [0.25, 0.3) is 0 Å². The van der Waals surface area contributed by atoms with Gasteiger partial charge in [-0.15, -0.1) is 0 Å². The second-order valence-corrected chi connectivity index (χ2v) is 7.74. The fraction of sp³-hybridized carbons (Fsp3) is 0.200. The lowest BCUT2D eigenvalue weighted by atomic mass is 10.1. The molecule has 1 atom stereocenters. The summed E-state index contributed by atoms with van der Waals surface area (Å²) in [5.41, 5.74) is 1.60. The Morgan fingerprint density at radius 2 is 1.65 bits per heavy atom. The van der Waals surface area contributed by atoms with Crippen molar-refractivity contribution in [2.45, 2.75) is 11.7 Å². The minimum atomic E-state index is -3.33. The molecule has 3 nitrogen and oxygen atoms in total. The quantitative estimate of drug-likeness (QED) is 0.826. The lowest BCUT2D eigenvalue weighted by molar-refractivity contribution is 0.590. The summed E-state index contributed by atoms with van der Waals surface area (Å²) in [5.74, 6) is 0.